The number of benzene rings is 1. The van der Waals surface area contributed by atoms with E-state index in [1.807, 2.05) is 24.3 Å². The lowest BCUT2D eigenvalue weighted by atomic mass is 9.96. The molecule has 0 bridgehead atoms. The van der Waals surface area contributed by atoms with Crippen molar-refractivity contribution >= 4 is 16.2 Å². The van der Waals surface area contributed by atoms with E-state index in [4.69, 9.17) is 0 Å². The summed E-state index contributed by atoms with van der Waals surface area (Å²) >= 11 is 0. The summed E-state index contributed by atoms with van der Waals surface area (Å²) in [4.78, 5) is 11.4. The lowest BCUT2D eigenvalue weighted by molar-refractivity contribution is -0.141. The van der Waals surface area contributed by atoms with Crippen LogP contribution in [0.1, 0.15) is 24.0 Å². The van der Waals surface area contributed by atoms with Crippen molar-refractivity contribution in [2.75, 3.05) is 0 Å². The van der Waals surface area contributed by atoms with Gasteiger partial charge < -0.3 is 5.11 Å². The van der Waals surface area contributed by atoms with Gasteiger partial charge in [0.25, 0.3) is 10.2 Å². The Morgan fingerprint density at radius 1 is 1.25 bits per heavy atom. The summed E-state index contributed by atoms with van der Waals surface area (Å²) in [5.41, 5.74) is 1.77. The SMILES string of the molecule is O=C(O)[C@@H]1Cc2ccccc2CN1S(=O)(=O)NC1CC1. The molecule has 1 saturated carbocycles. The number of hydrogen-bond acceptors (Lipinski definition) is 3. The van der Waals surface area contributed by atoms with E-state index >= 15 is 0 Å². The van der Waals surface area contributed by atoms with E-state index in [9.17, 15) is 18.3 Å². The Kier molecular flexibility index (Phi) is 3.27. The van der Waals surface area contributed by atoms with Gasteiger partial charge >= 0.3 is 5.97 Å². The minimum Gasteiger partial charge on any atom is -0.480 e. The maximum Gasteiger partial charge on any atom is 0.322 e. The molecule has 0 amide bonds. The zero-order chi connectivity index (χ0) is 14.3. The molecule has 2 aliphatic rings. The standard InChI is InChI=1S/C13H16N2O4S/c16-13(17)12-7-9-3-1-2-4-10(9)8-15(12)20(18,19)14-11-5-6-11/h1-4,11-12,14H,5-8H2,(H,16,17)/t12-/m0/s1. The summed E-state index contributed by atoms with van der Waals surface area (Å²) in [6.45, 7) is 0.106. The largest absolute Gasteiger partial charge is 0.480 e. The van der Waals surface area contributed by atoms with E-state index in [1.54, 1.807) is 0 Å². The van der Waals surface area contributed by atoms with Crippen LogP contribution in [0.5, 0.6) is 0 Å². The highest BCUT2D eigenvalue weighted by atomic mass is 32.2. The molecule has 1 heterocycles. The number of rotatable bonds is 4. The average Bonchev–Trinajstić information content (AvgIpc) is 3.20. The third-order valence-corrected chi connectivity index (χ3v) is 5.32. The van der Waals surface area contributed by atoms with Crippen LogP contribution in [0.3, 0.4) is 0 Å². The van der Waals surface area contributed by atoms with Gasteiger partial charge in [0.15, 0.2) is 0 Å². The van der Waals surface area contributed by atoms with Gasteiger partial charge in [-0.2, -0.15) is 17.4 Å². The predicted octanol–water partition coefficient (Wildman–Crippen LogP) is 0.495. The number of nitrogens with zero attached hydrogens (tertiary/aromatic N) is 1. The van der Waals surface area contributed by atoms with Gasteiger partial charge in [-0.05, 0) is 24.0 Å². The summed E-state index contributed by atoms with van der Waals surface area (Å²) in [6.07, 6.45) is 1.85. The predicted molar refractivity (Wildman–Crippen MR) is 72.2 cm³/mol. The van der Waals surface area contributed by atoms with Gasteiger partial charge in [-0.15, -0.1) is 0 Å². The first-order valence-corrected chi connectivity index (χ1v) is 8.00. The highest BCUT2D eigenvalue weighted by Crippen LogP contribution is 2.27. The maximum atomic E-state index is 12.3. The first-order valence-electron chi connectivity index (χ1n) is 6.56. The van der Waals surface area contributed by atoms with Gasteiger partial charge in [0, 0.05) is 19.0 Å². The topological polar surface area (TPSA) is 86.7 Å². The monoisotopic (exact) mass is 296 g/mol. The number of hydrogen-bond donors (Lipinski definition) is 2. The van der Waals surface area contributed by atoms with Crippen LogP contribution in [0.2, 0.25) is 0 Å². The van der Waals surface area contributed by atoms with Gasteiger partial charge in [0.2, 0.25) is 0 Å². The average molecular weight is 296 g/mol. The van der Waals surface area contributed by atoms with Crippen molar-refractivity contribution < 1.29 is 18.3 Å². The highest BCUT2D eigenvalue weighted by Gasteiger charge is 2.40. The molecule has 2 N–H and O–H groups in total. The molecule has 1 aromatic carbocycles. The Hall–Kier alpha value is -1.44. The van der Waals surface area contributed by atoms with Crippen LogP contribution in [0, 0.1) is 0 Å². The third-order valence-electron chi connectivity index (χ3n) is 3.69. The molecular formula is C13H16N2O4S. The van der Waals surface area contributed by atoms with Crippen LogP contribution < -0.4 is 4.72 Å². The summed E-state index contributed by atoms with van der Waals surface area (Å²) in [5, 5.41) is 9.31. The van der Waals surface area contributed by atoms with Crippen molar-refractivity contribution in [3.8, 4) is 0 Å². The maximum absolute atomic E-state index is 12.3. The lowest BCUT2D eigenvalue weighted by Gasteiger charge is -2.33. The quantitative estimate of drug-likeness (QED) is 0.847. The molecule has 3 rings (SSSR count). The van der Waals surface area contributed by atoms with E-state index in [2.05, 4.69) is 4.72 Å². The Labute approximate surface area is 117 Å². The molecular weight excluding hydrogens is 280 g/mol. The van der Waals surface area contributed by atoms with E-state index in [0.29, 0.717) is 0 Å². The van der Waals surface area contributed by atoms with E-state index in [1.165, 1.54) is 0 Å². The summed E-state index contributed by atoms with van der Waals surface area (Å²) in [7, 11) is -3.75. The van der Waals surface area contributed by atoms with Crippen LogP contribution in [-0.2, 0) is 28.0 Å². The molecule has 7 heteroatoms. The summed E-state index contributed by atoms with van der Waals surface area (Å²) in [5.74, 6) is -1.11. The zero-order valence-corrected chi connectivity index (χ0v) is 11.6. The van der Waals surface area contributed by atoms with E-state index < -0.39 is 22.2 Å². The minimum atomic E-state index is -3.75. The van der Waals surface area contributed by atoms with Gasteiger partial charge in [-0.3, -0.25) is 4.79 Å². The molecule has 1 aliphatic heterocycles. The van der Waals surface area contributed by atoms with Crippen LogP contribution in [0.25, 0.3) is 0 Å². The number of aliphatic carboxylic acids is 1. The van der Waals surface area contributed by atoms with Crippen molar-refractivity contribution in [3.05, 3.63) is 35.4 Å². The molecule has 0 unspecified atom stereocenters. The first-order chi connectivity index (χ1) is 9.47. The fourth-order valence-corrected chi connectivity index (χ4v) is 4.04. The highest BCUT2D eigenvalue weighted by molar-refractivity contribution is 7.87. The Balaban J connectivity index is 1.93. The molecule has 20 heavy (non-hydrogen) atoms. The van der Waals surface area contributed by atoms with Gasteiger partial charge in [0.1, 0.15) is 6.04 Å². The molecule has 1 atom stereocenters. The van der Waals surface area contributed by atoms with Gasteiger partial charge in [-0.1, -0.05) is 24.3 Å². The second-order valence-corrected chi connectivity index (χ2v) is 6.92. The number of carboxylic acid groups (broad SMARTS) is 1. The molecule has 1 aromatic rings. The Morgan fingerprint density at radius 2 is 1.90 bits per heavy atom. The second-order valence-electron chi connectivity index (χ2n) is 5.27. The molecule has 1 aliphatic carbocycles. The summed E-state index contributed by atoms with van der Waals surface area (Å²) < 4.78 is 28.2. The number of carbonyl (C=O) groups is 1. The molecule has 0 radical (unpaired) electrons. The van der Waals surface area contributed by atoms with Crippen LogP contribution in [-0.4, -0.2) is 35.9 Å². The van der Waals surface area contributed by atoms with Gasteiger partial charge in [0.05, 0.1) is 0 Å². The first kappa shape index (κ1) is 13.5. The Bertz CT molecular complexity index is 640. The second kappa shape index (κ2) is 4.83. The molecule has 0 saturated heterocycles. The Morgan fingerprint density at radius 3 is 2.50 bits per heavy atom. The fraction of sp³-hybridized carbons (Fsp3) is 0.462. The van der Waals surface area contributed by atoms with E-state index in [0.717, 1.165) is 28.3 Å². The molecule has 6 nitrogen and oxygen atoms in total. The fourth-order valence-electron chi connectivity index (χ4n) is 2.44. The van der Waals surface area contributed by atoms with Crippen LogP contribution >= 0.6 is 0 Å². The zero-order valence-electron chi connectivity index (χ0n) is 10.8. The van der Waals surface area contributed by atoms with Crippen LogP contribution in [0.4, 0.5) is 0 Å². The smallest absolute Gasteiger partial charge is 0.322 e. The van der Waals surface area contributed by atoms with Gasteiger partial charge in [-0.25, -0.2) is 0 Å². The number of carboxylic acids is 1. The van der Waals surface area contributed by atoms with Crippen LogP contribution in [0.15, 0.2) is 24.3 Å². The minimum absolute atomic E-state index is 0.0355. The lowest BCUT2D eigenvalue weighted by Crippen LogP contribution is -2.52. The van der Waals surface area contributed by atoms with Crippen molar-refractivity contribution in [1.29, 1.82) is 0 Å². The molecule has 108 valence electrons. The normalized spacial score (nSPS) is 23.3. The third kappa shape index (κ3) is 2.56. The molecule has 0 aromatic heterocycles. The molecule has 1 fully saturated rings. The van der Waals surface area contributed by atoms with Crippen molar-refractivity contribution in [2.24, 2.45) is 0 Å². The summed E-state index contributed by atoms with van der Waals surface area (Å²) in [6, 6.07) is 6.28. The number of nitrogens with one attached hydrogen (secondary N) is 1. The number of fused-ring (bicyclic) bond motifs is 1. The van der Waals surface area contributed by atoms with Crippen molar-refractivity contribution in [1.82, 2.24) is 9.03 Å². The van der Waals surface area contributed by atoms with Crippen molar-refractivity contribution in [2.45, 2.75) is 37.9 Å². The van der Waals surface area contributed by atoms with E-state index in [-0.39, 0.29) is 19.0 Å². The molecule has 0 spiro atoms. The van der Waals surface area contributed by atoms with Crippen molar-refractivity contribution in [3.63, 3.8) is 0 Å².